The molecule has 0 radical (unpaired) electrons. The first kappa shape index (κ1) is 24.7. The summed E-state index contributed by atoms with van der Waals surface area (Å²) >= 11 is 3.17. The van der Waals surface area contributed by atoms with Gasteiger partial charge in [-0.3, -0.25) is 4.79 Å². The van der Waals surface area contributed by atoms with E-state index in [0.29, 0.717) is 32.7 Å². The highest BCUT2D eigenvalue weighted by atomic mass is 79.9. The van der Waals surface area contributed by atoms with Crippen LogP contribution in [0.2, 0.25) is 0 Å². The van der Waals surface area contributed by atoms with Gasteiger partial charge in [0.05, 0.1) is 37.0 Å². The van der Waals surface area contributed by atoms with Crippen molar-refractivity contribution in [2.24, 2.45) is 0 Å². The number of nitrogens with one attached hydrogen (secondary N) is 1. The van der Waals surface area contributed by atoms with E-state index in [4.69, 9.17) is 9.47 Å². The maximum atomic E-state index is 13.5. The Kier molecular flexibility index (Phi) is 7.87. The van der Waals surface area contributed by atoms with Crippen molar-refractivity contribution in [1.29, 1.82) is 5.26 Å². The van der Waals surface area contributed by atoms with Crippen molar-refractivity contribution in [1.82, 2.24) is 5.32 Å². The second-order valence-corrected chi connectivity index (χ2v) is 8.11. The fraction of sp³-hybridized carbons (Fsp3) is 0.160. The van der Waals surface area contributed by atoms with Gasteiger partial charge in [-0.25, -0.2) is 9.18 Å². The normalized spacial score (nSPS) is 11.3. The van der Waals surface area contributed by atoms with Gasteiger partial charge in [-0.2, -0.15) is 5.26 Å². The van der Waals surface area contributed by atoms with Crippen LogP contribution in [0, 0.1) is 17.1 Å². The average Bonchev–Trinajstić information content (AvgIpc) is 2.84. The summed E-state index contributed by atoms with van der Waals surface area (Å²) in [5, 5.41) is 21.3. The highest BCUT2D eigenvalue weighted by Crippen LogP contribution is 2.39. The van der Waals surface area contributed by atoms with Gasteiger partial charge in [0.25, 0.3) is 5.91 Å². The first-order chi connectivity index (χ1) is 16.3. The molecule has 0 heterocycles. The number of rotatable bonds is 8. The van der Waals surface area contributed by atoms with Crippen LogP contribution in [-0.2, 0) is 11.2 Å². The minimum atomic E-state index is -1.23. The summed E-state index contributed by atoms with van der Waals surface area (Å²) in [6.07, 6.45) is 0.00985. The van der Waals surface area contributed by atoms with Gasteiger partial charge in [-0.15, -0.1) is 0 Å². The Labute approximate surface area is 203 Å². The van der Waals surface area contributed by atoms with E-state index in [0.717, 1.165) is 11.6 Å². The molecular formula is C25H20BrFN2O5. The van der Waals surface area contributed by atoms with Gasteiger partial charge < -0.3 is 19.9 Å². The SMILES string of the molecule is COc1cc(C#N)cc(OC)c1-c1ccc(C[C@H](NC(=O)c2cc(F)ccc2Br)C(=O)O)cc1. The number of aliphatic carboxylic acids is 1. The van der Waals surface area contributed by atoms with Crippen molar-refractivity contribution in [3.63, 3.8) is 0 Å². The number of carboxylic acid groups (broad SMARTS) is 1. The zero-order valence-corrected chi connectivity index (χ0v) is 19.8. The van der Waals surface area contributed by atoms with Crippen LogP contribution >= 0.6 is 15.9 Å². The Balaban J connectivity index is 1.84. The highest BCUT2D eigenvalue weighted by Gasteiger charge is 2.23. The Hall–Kier alpha value is -3.90. The molecule has 1 amide bonds. The lowest BCUT2D eigenvalue weighted by Gasteiger charge is -2.17. The molecule has 34 heavy (non-hydrogen) atoms. The molecule has 3 rings (SSSR count). The van der Waals surface area contributed by atoms with Crippen molar-refractivity contribution < 1.29 is 28.6 Å². The number of carbonyl (C=O) groups excluding carboxylic acids is 1. The summed E-state index contributed by atoms with van der Waals surface area (Å²) in [5.41, 5.74) is 2.43. The molecule has 1 atom stereocenters. The van der Waals surface area contributed by atoms with Crippen LogP contribution in [0.25, 0.3) is 11.1 Å². The number of nitriles is 1. The van der Waals surface area contributed by atoms with E-state index in [-0.39, 0.29) is 12.0 Å². The van der Waals surface area contributed by atoms with Crippen LogP contribution in [0.1, 0.15) is 21.5 Å². The summed E-state index contributed by atoms with van der Waals surface area (Å²) in [6, 6.07) is 14.6. The average molecular weight is 527 g/mol. The Morgan fingerprint density at radius 1 is 1.09 bits per heavy atom. The third-order valence-electron chi connectivity index (χ3n) is 5.09. The lowest BCUT2D eigenvalue weighted by atomic mass is 9.98. The van der Waals surface area contributed by atoms with E-state index in [2.05, 4.69) is 27.3 Å². The van der Waals surface area contributed by atoms with Gasteiger partial charge >= 0.3 is 5.97 Å². The lowest BCUT2D eigenvalue weighted by molar-refractivity contribution is -0.139. The molecule has 7 nitrogen and oxygen atoms in total. The summed E-state index contributed by atoms with van der Waals surface area (Å²) < 4.78 is 24.7. The van der Waals surface area contributed by atoms with Crippen molar-refractivity contribution in [3.8, 4) is 28.7 Å². The molecular weight excluding hydrogens is 507 g/mol. The smallest absolute Gasteiger partial charge is 0.326 e. The van der Waals surface area contributed by atoms with Gasteiger partial charge in [-0.1, -0.05) is 24.3 Å². The van der Waals surface area contributed by atoms with Gasteiger partial charge in [0, 0.05) is 10.9 Å². The van der Waals surface area contributed by atoms with Crippen LogP contribution in [-0.4, -0.2) is 37.2 Å². The van der Waals surface area contributed by atoms with Crippen LogP contribution in [0.5, 0.6) is 11.5 Å². The summed E-state index contributed by atoms with van der Waals surface area (Å²) in [4.78, 5) is 24.3. The largest absolute Gasteiger partial charge is 0.496 e. The molecule has 0 aromatic heterocycles. The van der Waals surface area contributed by atoms with Crippen molar-refractivity contribution in [2.75, 3.05) is 14.2 Å². The van der Waals surface area contributed by atoms with E-state index in [1.165, 1.54) is 26.4 Å². The predicted octanol–water partition coefficient (Wildman–Crippen LogP) is 4.57. The standard InChI is InChI=1S/C25H20BrFN2O5/c1-33-21-10-15(13-28)11-22(34-2)23(21)16-5-3-14(4-6-16)9-20(25(31)32)29-24(30)18-12-17(27)7-8-19(18)26/h3-8,10-12,20H,9H2,1-2H3,(H,29,30)(H,31,32)/t20-/m0/s1. The van der Waals surface area contributed by atoms with Crippen LogP contribution < -0.4 is 14.8 Å². The zero-order chi connectivity index (χ0) is 24.8. The lowest BCUT2D eigenvalue weighted by Crippen LogP contribution is -2.42. The van der Waals surface area contributed by atoms with Crippen LogP contribution in [0.3, 0.4) is 0 Å². The molecule has 174 valence electrons. The van der Waals surface area contributed by atoms with E-state index < -0.39 is 23.7 Å². The number of hydrogen-bond acceptors (Lipinski definition) is 5. The third-order valence-corrected chi connectivity index (χ3v) is 5.79. The molecule has 0 saturated carbocycles. The molecule has 0 aliphatic carbocycles. The van der Waals surface area contributed by atoms with Crippen LogP contribution in [0.15, 0.2) is 59.1 Å². The molecule has 0 fully saturated rings. The topological polar surface area (TPSA) is 109 Å². The molecule has 9 heteroatoms. The second-order valence-electron chi connectivity index (χ2n) is 7.26. The second kappa shape index (κ2) is 10.8. The molecule has 0 aliphatic heterocycles. The Bertz CT molecular complexity index is 1250. The van der Waals surface area contributed by atoms with E-state index >= 15 is 0 Å². The first-order valence-electron chi connectivity index (χ1n) is 10.0. The number of benzene rings is 3. The van der Waals surface area contributed by atoms with Crippen molar-refractivity contribution in [2.45, 2.75) is 12.5 Å². The molecule has 0 aliphatic rings. The summed E-state index contributed by atoms with van der Waals surface area (Å²) in [6.45, 7) is 0. The number of nitrogens with zero attached hydrogens (tertiary/aromatic N) is 1. The molecule has 0 bridgehead atoms. The molecule has 2 N–H and O–H groups in total. The third kappa shape index (κ3) is 5.53. The number of methoxy groups -OCH3 is 2. The Morgan fingerprint density at radius 3 is 2.24 bits per heavy atom. The van der Waals surface area contributed by atoms with Gasteiger partial charge in [0.1, 0.15) is 23.4 Å². The van der Waals surface area contributed by atoms with E-state index in [1.807, 2.05) is 0 Å². The van der Waals surface area contributed by atoms with Crippen LogP contribution in [0.4, 0.5) is 4.39 Å². The number of hydrogen-bond donors (Lipinski definition) is 2. The number of halogens is 2. The summed E-state index contributed by atoms with van der Waals surface area (Å²) in [7, 11) is 2.98. The first-order valence-corrected chi connectivity index (χ1v) is 10.8. The zero-order valence-electron chi connectivity index (χ0n) is 18.3. The number of amides is 1. The summed E-state index contributed by atoms with van der Waals surface area (Å²) in [5.74, 6) is -1.62. The monoisotopic (exact) mass is 526 g/mol. The fourth-order valence-electron chi connectivity index (χ4n) is 3.41. The van der Waals surface area contributed by atoms with E-state index in [1.54, 1.807) is 36.4 Å². The predicted molar refractivity (Wildman–Crippen MR) is 126 cm³/mol. The maximum Gasteiger partial charge on any atom is 0.326 e. The molecule has 0 saturated heterocycles. The quantitative estimate of drug-likeness (QED) is 0.445. The van der Waals surface area contributed by atoms with Crippen molar-refractivity contribution >= 4 is 27.8 Å². The molecule has 3 aromatic rings. The highest BCUT2D eigenvalue weighted by molar-refractivity contribution is 9.10. The van der Waals surface area contributed by atoms with Crippen molar-refractivity contribution in [3.05, 3.63) is 81.6 Å². The number of ether oxygens (including phenoxy) is 2. The molecule has 3 aromatic carbocycles. The number of carboxylic acids is 1. The Morgan fingerprint density at radius 2 is 1.71 bits per heavy atom. The van der Waals surface area contributed by atoms with Gasteiger partial charge in [-0.05, 0) is 57.4 Å². The minimum Gasteiger partial charge on any atom is -0.496 e. The van der Waals surface area contributed by atoms with Gasteiger partial charge in [0.15, 0.2) is 0 Å². The maximum absolute atomic E-state index is 13.5. The number of carbonyl (C=O) groups is 2. The van der Waals surface area contributed by atoms with E-state index in [9.17, 15) is 24.3 Å². The molecule has 0 spiro atoms. The minimum absolute atomic E-state index is 0.00149. The van der Waals surface area contributed by atoms with Gasteiger partial charge in [0.2, 0.25) is 0 Å². The fourth-order valence-corrected chi connectivity index (χ4v) is 3.84. The molecule has 0 unspecified atom stereocenters.